The van der Waals surface area contributed by atoms with Gasteiger partial charge in [0.1, 0.15) is 26.3 Å². The van der Waals surface area contributed by atoms with E-state index in [2.05, 4.69) is 45.6 Å². The largest absolute Gasteiger partial charge is 0.447 e. The Balaban J connectivity index is 2.04. The van der Waals surface area contributed by atoms with Gasteiger partial charge in [-0.05, 0) is 50.3 Å². The van der Waals surface area contributed by atoms with Gasteiger partial charge in [0.15, 0.2) is 0 Å². The predicted octanol–water partition coefficient (Wildman–Crippen LogP) is 12.7. The van der Waals surface area contributed by atoms with Gasteiger partial charge >= 0.3 is 12.2 Å². The highest BCUT2D eigenvalue weighted by Gasteiger charge is 2.15. The van der Waals surface area contributed by atoms with Crippen LogP contribution in [0.2, 0.25) is 0 Å². The molecule has 0 heterocycles. The number of amides is 2. The number of unbranched alkanes of at least 4 members (excludes halogenated alkanes) is 26. The molecule has 1 aromatic rings. The number of carbonyl (C=O) groups is 2. The Morgan fingerprint density at radius 3 is 1.40 bits per heavy atom. The Morgan fingerprint density at radius 2 is 0.919 bits per heavy atom. The molecule has 2 amide bonds. The molecular weight excluding hydrogens is 777 g/mol. The second-order valence-corrected chi connectivity index (χ2v) is 18.8. The summed E-state index contributed by atoms with van der Waals surface area (Å²) in [6.07, 6.45) is 37.6. The van der Waals surface area contributed by atoms with E-state index < -0.39 is 12.2 Å². The first-order valence-electron chi connectivity index (χ1n) is 25.9. The van der Waals surface area contributed by atoms with E-state index in [0.717, 1.165) is 36.2 Å². The van der Waals surface area contributed by atoms with Crippen LogP contribution in [0.1, 0.15) is 199 Å². The van der Waals surface area contributed by atoms with E-state index in [9.17, 15) is 9.59 Å². The molecule has 0 aromatic heterocycles. The molecule has 0 bridgehead atoms. The molecule has 362 valence electrons. The van der Waals surface area contributed by atoms with E-state index in [0.29, 0.717) is 37.8 Å². The first-order valence-corrected chi connectivity index (χ1v) is 25.9. The van der Waals surface area contributed by atoms with Crippen molar-refractivity contribution in [3.8, 4) is 0 Å². The van der Waals surface area contributed by atoms with Crippen molar-refractivity contribution in [2.75, 3.05) is 97.6 Å². The number of benzene rings is 1. The standard InChI is InChI=1S/C52H98N4O6/c1-7-9-11-13-15-17-19-21-23-25-27-29-31-33-37-55(4)38-41-59-43-45-62-52(58)54-50-47-49(36-35-48(50)3)53-51(57)61-46-44-60-42-40-56(5,6)39-34-32-30-28-26-24-22-20-18-16-14-12-10-8-2/h35-36,47H,7-34,37-46H2,1-6H3,(H-,53,54,57,58)/p+2. The average Bonchev–Trinajstić information content (AvgIpc) is 3.24. The lowest BCUT2D eigenvalue weighted by Crippen LogP contribution is -3.09. The maximum Gasteiger partial charge on any atom is 0.411 e. The maximum atomic E-state index is 12.5. The fourth-order valence-electron chi connectivity index (χ4n) is 7.88. The van der Waals surface area contributed by atoms with E-state index in [1.54, 1.807) is 12.1 Å². The normalized spacial score (nSPS) is 12.1. The van der Waals surface area contributed by atoms with Crippen molar-refractivity contribution in [2.45, 2.75) is 201 Å². The van der Waals surface area contributed by atoms with Gasteiger partial charge in [-0.1, -0.05) is 174 Å². The van der Waals surface area contributed by atoms with Gasteiger partial charge in [-0.3, -0.25) is 10.6 Å². The fourth-order valence-corrected chi connectivity index (χ4v) is 7.88. The molecule has 0 saturated heterocycles. The summed E-state index contributed by atoms with van der Waals surface area (Å²) in [5, 5.41) is 5.51. The number of ether oxygens (including phenoxy) is 4. The van der Waals surface area contributed by atoms with Crippen LogP contribution in [0.3, 0.4) is 0 Å². The van der Waals surface area contributed by atoms with E-state index in [1.165, 1.54) is 185 Å². The summed E-state index contributed by atoms with van der Waals surface area (Å²) in [7, 11) is 6.74. The lowest BCUT2D eigenvalue weighted by molar-refractivity contribution is -0.891. The van der Waals surface area contributed by atoms with Crippen LogP contribution in [0.15, 0.2) is 18.2 Å². The Hall–Kier alpha value is -2.40. The molecule has 1 rings (SSSR count). The molecule has 62 heavy (non-hydrogen) atoms. The number of hydrogen-bond acceptors (Lipinski definition) is 6. The minimum Gasteiger partial charge on any atom is -0.447 e. The zero-order valence-corrected chi connectivity index (χ0v) is 41.5. The molecule has 1 aromatic carbocycles. The van der Waals surface area contributed by atoms with Crippen molar-refractivity contribution in [1.82, 2.24) is 0 Å². The van der Waals surface area contributed by atoms with Crippen molar-refractivity contribution in [2.24, 2.45) is 0 Å². The van der Waals surface area contributed by atoms with Crippen LogP contribution in [-0.4, -0.2) is 104 Å². The highest BCUT2D eigenvalue weighted by atomic mass is 16.6. The van der Waals surface area contributed by atoms with Crippen molar-refractivity contribution < 1.29 is 37.9 Å². The number of carbonyl (C=O) groups excluding carboxylic acids is 2. The smallest absolute Gasteiger partial charge is 0.411 e. The van der Waals surface area contributed by atoms with Crippen LogP contribution in [-0.2, 0) is 18.9 Å². The molecule has 10 nitrogen and oxygen atoms in total. The third-order valence-corrected chi connectivity index (χ3v) is 12.2. The minimum atomic E-state index is -0.566. The Morgan fingerprint density at radius 1 is 0.500 bits per heavy atom. The number of nitrogens with zero attached hydrogens (tertiary/aromatic N) is 1. The third kappa shape index (κ3) is 37.0. The van der Waals surface area contributed by atoms with Crippen LogP contribution >= 0.6 is 0 Å². The van der Waals surface area contributed by atoms with Crippen molar-refractivity contribution in [3.63, 3.8) is 0 Å². The summed E-state index contributed by atoms with van der Waals surface area (Å²) in [5.41, 5.74) is 1.92. The Kier molecular flexibility index (Phi) is 38.4. The van der Waals surface area contributed by atoms with Gasteiger partial charge in [0.25, 0.3) is 0 Å². The first kappa shape index (κ1) is 57.6. The van der Waals surface area contributed by atoms with Gasteiger partial charge in [-0.15, -0.1) is 0 Å². The van der Waals surface area contributed by atoms with Crippen molar-refractivity contribution in [3.05, 3.63) is 23.8 Å². The number of nitrogens with one attached hydrogen (secondary N) is 3. The molecule has 0 aliphatic heterocycles. The molecule has 0 aliphatic rings. The van der Waals surface area contributed by atoms with Crippen LogP contribution in [0.5, 0.6) is 0 Å². The zero-order valence-electron chi connectivity index (χ0n) is 41.5. The topological polar surface area (TPSA) is 99.6 Å². The first-order chi connectivity index (χ1) is 30.2. The monoisotopic (exact) mass is 877 g/mol. The molecule has 0 aliphatic carbocycles. The summed E-state index contributed by atoms with van der Waals surface area (Å²) in [6, 6.07) is 5.29. The summed E-state index contributed by atoms with van der Waals surface area (Å²) >= 11 is 0. The summed E-state index contributed by atoms with van der Waals surface area (Å²) in [4.78, 5) is 26.4. The van der Waals surface area contributed by atoms with Crippen LogP contribution in [0, 0.1) is 6.92 Å². The van der Waals surface area contributed by atoms with Crippen LogP contribution < -0.4 is 15.5 Å². The SMILES string of the molecule is CCCCCCCCCCCCCCCC[NH+](C)CCOCCOC(=O)Nc1cc(NC(=O)OCCOCC[N+](C)(C)CCCCCCCCCCCCCCCC)ccc1C. The Labute approximate surface area is 382 Å². The highest BCUT2D eigenvalue weighted by molar-refractivity contribution is 5.89. The fraction of sp³-hybridized carbons (Fsp3) is 0.846. The van der Waals surface area contributed by atoms with Gasteiger partial charge in [-0.2, -0.15) is 0 Å². The molecule has 0 radical (unpaired) electrons. The molecular formula is C52H100N4O6+2. The Bertz CT molecular complexity index is 1180. The summed E-state index contributed by atoms with van der Waals surface area (Å²) in [5.74, 6) is 0. The van der Waals surface area contributed by atoms with Crippen LogP contribution in [0.25, 0.3) is 0 Å². The van der Waals surface area contributed by atoms with Crippen molar-refractivity contribution in [1.29, 1.82) is 0 Å². The number of likely N-dealkylation sites (N-methyl/N-ethyl adjacent to an activating group) is 2. The molecule has 10 heteroatoms. The number of anilines is 2. The second-order valence-electron chi connectivity index (χ2n) is 18.8. The average molecular weight is 877 g/mol. The van der Waals surface area contributed by atoms with Gasteiger partial charge in [-0.25, -0.2) is 9.59 Å². The van der Waals surface area contributed by atoms with E-state index >= 15 is 0 Å². The van der Waals surface area contributed by atoms with E-state index in [1.807, 2.05) is 13.0 Å². The molecule has 1 unspecified atom stereocenters. The maximum absolute atomic E-state index is 12.5. The number of aryl methyl sites for hydroxylation is 1. The van der Waals surface area contributed by atoms with Gasteiger partial charge in [0.2, 0.25) is 0 Å². The lowest BCUT2D eigenvalue weighted by atomic mass is 10.0. The number of hydrogen-bond donors (Lipinski definition) is 3. The molecule has 0 saturated carbocycles. The second kappa shape index (κ2) is 41.3. The van der Waals surface area contributed by atoms with Gasteiger partial charge < -0.3 is 28.3 Å². The number of quaternary nitrogens is 2. The molecule has 1 atom stereocenters. The number of rotatable bonds is 44. The molecule has 0 fully saturated rings. The van der Waals surface area contributed by atoms with Gasteiger partial charge in [0.05, 0.1) is 60.7 Å². The summed E-state index contributed by atoms with van der Waals surface area (Å²) < 4.78 is 23.1. The molecule has 3 N–H and O–H groups in total. The van der Waals surface area contributed by atoms with E-state index in [4.69, 9.17) is 18.9 Å². The van der Waals surface area contributed by atoms with Crippen LogP contribution in [0.4, 0.5) is 21.0 Å². The highest BCUT2D eigenvalue weighted by Crippen LogP contribution is 2.21. The quantitative estimate of drug-likeness (QED) is 0.0446. The third-order valence-electron chi connectivity index (χ3n) is 12.2. The predicted molar refractivity (Wildman–Crippen MR) is 262 cm³/mol. The molecule has 0 spiro atoms. The van der Waals surface area contributed by atoms with Crippen molar-refractivity contribution >= 4 is 23.6 Å². The van der Waals surface area contributed by atoms with Gasteiger partial charge in [0, 0.05) is 11.4 Å². The van der Waals surface area contributed by atoms with E-state index in [-0.39, 0.29) is 13.2 Å². The summed E-state index contributed by atoms with van der Waals surface area (Å²) in [6.45, 7) is 12.9. The zero-order chi connectivity index (χ0) is 45.2. The lowest BCUT2D eigenvalue weighted by Gasteiger charge is -2.29. The minimum absolute atomic E-state index is 0.167.